The minimum absolute atomic E-state index is 0. The van der Waals surface area contributed by atoms with E-state index in [-0.39, 0.29) is 29.6 Å². The van der Waals surface area contributed by atoms with Crippen LogP contribution < -0.4 is 34.2 Å². The van der Waals surface area contributed by atoms with E-state index in [1.165, 1.54) is 0 Å². The molecular formula is C6H6ClNaO2. The molecule has 0 radical (unpaired) electrons. The molecule has 0 amide bonds. The van der Waals surface area contributed by atoms with E-state index in [0.29, 0.717) is 5.75 Å². The second-order valence-corrected chi connectivity index (χ2v) is 1.34. The van der Waals surface area contributed by atoms with Crippen LogP contribution >= 0.6 is 11.9 Å². The largest absolute Gasteiger partial charge is 1.00 e. The van der Waals surface area contributed by atoms with Crippen molar-refractivity contribution in [3.63, 3.8) is 0 Å². The van der Waals surface area contributed by atoms with E-state index < -0.39 is 0 Å². The molecule has 0 atom stereocenters. The van der Waals surface area contributed by atoms with Crippen molar-refractivity contribution in [2.75, 3.05) is 0 Å². The van der Waals surface area contributed by atoms with Gasteiger partial charge in [0, 0.05) is 0 Å². The van der Waals surface area contributed by atoms with Crippen LogP contribution in [0.25, 0.3) is 0 Å². The second kappa shape index (κ2) is 9.27. The third-order valence-electron chi connectivity index (χ3n) is 0.756. The molecular weight excluding hydrogens is 163 g/mol. The van der Waals surface area contributed by atoms with E-state index in [1.807, 2.05) is 6.07 Å². The predicted molar refractivity (Wildman–Crippen MR) is 34.0 cm³/mol. The summed E-state index contributed by atoms with van der Waals surface area (Å²) in [5.74, 6) is 0.322. The van der Waals surface area contributed by atoms with Crippen LogP contribution in [0.2, 0.25) is 0 Å². The Kier molecular flexibility index (Phi) is 12.0. The third-order valence-corrected chi connectivity index (χ3v) is 0.756. The molecule has 1 rings (SSSR count). The van der Waals surface area contributed by atoms with Crippen molar-refractivity contribution in [2.45, 2.75) is 0 Å². The van der Waals surface area contributed by atoms with Crippen LogP contribution in [0.3, 0.4) is 0 Å². The van der Waals surface area contributed by atoms with Crippen LogP contribution in [0.4, 0.5) is 0 Å². The molecule has 0 fully saturated rings. The van der Waals surface area contributed by atoms with Gasteiger partial charge in [-0.3, -0.25) is 0 Å². The molecule has 50 valence electrons. The predicted octanol–water partition coefficient (Wildman–Crippen LogP) is -2.10. The molecule has 1 aromatic rings. The number of benzene rings is 1. The Morgan fingerprint density at radius 1 is 1.10 bits per heavy atom. The van der Waals surface area contributed by atoms with Gasteiger partial charge in [-0.15, -0.1) is 0 Å². The Balaban J connectivity index is 0. The van der Waals surface area contributed by atoms with E-state index >= 15 is 0 Å². The SMILES string of the molecule is Oc1ccccc1.[Na+].[O-]Cl. The summed E-state index contributed by atoms with van der Waals surface area (Å²) in [7, 11) is 0. The summed E-state index contributed by atoms with van der Waals surface area (Å²) in [5.41, 5.74) is 0. The molecule has 0 aromatic heterocycles. The molecule has 4 heteroatoms. The van der Waals surface area contributed by atoms with Gasteiger partial charge in [0.15, 0.2) is 0 Å². The first-order chi connectivity index (χ1) is 4.39. The van der Waals surface area contributed by atoms with Gasteiger partial charge in [0.1, 0.15) is 5.75 Å². The van der Waals surface area contributed by atoms with E-state index in [4.69, 9.17) is 9.77 Å². The van der Waals surface area contributed by atoms with Gasteiger partial charge in [0.25, 0.3) is 0 Å². The van der Waals surface area contributed by atoms with Gasteiger partial charge >= 0.3 is 29.6 Å². The summed E-state index contributed by atoms with van der Waals surface area (Å²) in [6.45, 7) is 0. The van der Waals surface area contributed by atoms with Crippen molar-refractivity contribution >= 4 is 11.9 Å². The zero-order valence-corrected chi connectivity index (χ0v) is 8.38. The molecule has 1 aromatic carbocycles. The van der Waals surface area contributed by atoms with E-state index in [0.717, 1.165) is 0 Å². The van der Waals surface area contributed by atoms with Crippen molar-refractivity contribution in [1.82, 2.24) is 0 Å². The number of rotatable bonds is 0. The fraction of sp³-hybridized carbons (Fsp3) is 0. The zero-order valence-electron chi connectivity index (χ0n) is 5.62. The van der Waals surface area contributed by atoms with E-state index in [1.54, 1.807) is 24.3 Å². The maximum Gasteiger partial charge on any atom is 1.00 e. The molecule has 10 heavy (non-hydrogen) atoms. The fourth-order valence-electron chi connectivity index (χ4n) is 0.428. The molecule has 0 saturated heterocycles. The Labute approximate surface area is 86.9 Å². The van der Waals surface area contributed by atoms with Crippen molar-refractivity contribution in [1.29, 1.82) is 0 Å². The van der Waals surface area contributed by atoms with Gasteiger partial charge in [-0.05, 0) is 12.1 Å². The Morgan fingerprint density at radius 2 is 1.50 bits per heavy atom. The number of para-hydroxylation sites is 1. The Morgan fingerprint density at radius 3 is 1.70 bits per heavy atom. The fourth-order valence-corrected chi connectivity index (χ4v) is 0.428. The number of aromatic hydroxyl groups is 1. The van der Waals surface area contributed by atoms with E-state index in [9.17, 15) is 0 Å². The standard InChI is InChI=1S/C6H6O.ClO.Na/c7-6-4-2-1-3-5-6;1-2;/h1-5,7H;;/q;-1;+1. The second-order valence-electron chi connectivity index (χ2n) is 1.34. The number of halogens is 1. The first-order valence-corrected chi connectivity index (χ1v) is 2.60. The normalized spacial score (nSPS) is 6.60. The molecule has 0 aliphatic heterocycles. The molecule has 0 saturated carbocycles. The first-order valence-electron chi connectivity index (χ1n) is 2.29. The van der Waals surface area contributed by atoms with Gasteiger partial charge in [0.2, 0.25) is 0 Å². The van der Waals surface area contributed by atoms with Crippen molar-refractivity contribution in [3.05, 3.63) is 30.3 Å². The third kappa shape index (κ3) is 6.39. The summed E-state index contributed by atoms with van der Waals surface area (Å²) in [4.78, 5) is 0. The maximum atomic E-state index is 8.63. The van der Waals surface area contributed by atoms with Crippen LogP contribution in [-0.2, 0) is 0 Å². The Hall–Kier alpha value is 0.270. The van der Waals surface area contributed by atoms with Crippen LogP contribution in [0, 0.1) is 0 Å². The average molecular weight is 169 g/mol. The summed E-state index contributed by atoms with van der Waals surface area (Å²) >= 11 is 3.39. The van der Waals surface area contributed by atoms with Crippen LogP contribution in [0.5, 0.6) is 5.75 Å². The Bertz CT molecular complexity index is 146. The minimum Gasteiger partial charge on any atom is -0.769 e. The molecule has 0 aliphatic carbocycles. The van der Waals surface area contributed by atoms with E-state index in [2.05, 4.69) is 11.9 Å². The summed E-state index contributed by atoms with van der Waals surface area (Å²) < 4.78 is 7.72. The first kappa shape index (κ1) is 12.9. The van der Waals surface area contributed by atoms with Crippen molar-refractivity contribution in [2.24, 2.45) is 0 Å². The smallest absolute Gasteiger partial charge is 0.769 e. The minimum atomic E-state index is 0. The van der Waals surface area contributed by atoms with Gasteiger partial charge < -0.3 is 9.77 Å². The van der Waals surface area contributed by atoms with Gasteiger partial charge in [0.05, 0.1) is 0 Å². The number of phenolic OH excluding ortho intramolecular Hbond substituents is 1. The number of hydrogen-bond donors (Lipinski definition) is 1. The van der Waals surface area contributed by atoms with Crippen molar-refractivity contribution in [3.8, 4) is 5.75 Å². The number of hydrogen-bond acceptors (Lipinski definition) is 2. The summed E-state index contributed by atoms with van der Waals surface area (Å²) in [5, 5.41) is 8.63. The summed E-state index contributed by atoms with van der Waals surface area (Å²) in [6, 6.07) is 8.71. The molecule has 0 heterocycles. The van der Waals surface area contributed by atoms with Gasteiger partial charge in [-0.25, -0.2) is 11.9 Å². The molecule has 0 aliphatic rings. The summed E-state index contributed by atoms with van der Waals surface area (Å²) in [6.07, 6.45) is 0. The van der Waals surface area contributed by atoms with Crippen LogP contribution in [0.1, 0.15) is 0 Å². The number of phenols is 1. The molecule has 0 unspecified atom stereocenters. The molecule has 2 nitrogen and oxygen atoms in total. The quantitative estimate of drug-likeness (QED) is 0.451. The molecule has 0 bridgehead atoms. The van der Waals surface area contributed by atoms with Crippen molar-refractivity contribution < 1.29 is 39.3 Å². The maximum absolute atomic E-state index is 8.63. The molecule has 1 N–H and O–H groups in total. The zero-order chi connectivity index (χ0) is 7.11. The average Bonchev–Trinajstić information content (AvgIpc) is 1.94. The molecule has 0 spiro atoms. The monoisotopic (exact) mass is 168 g/mol. The van der Waals surface area contributed by atoms with Gasteiger partial charge in [-0.2, -0.15) is 0 Å². The topological polar surface area (TPSA) is 43.3 Å². The van der Waals surface area contributed by atoms with Crippen LogP contribution in [-0.4, -0.2) is 5.11 Å². The van der Waals surface area contributed by atoms with Crippen LogP contribution in [0.15, 0.2) is 30.3 Å². The van der Waals surface area contributed by atoms with Gasteiger partial charge in [-0.1, -0.05) is 18.2 Å².